The molecule has 0 aliphatic carbocycles. The van der Waals surface area contributed by atoms with Crippen LogP contribution in [0.3, 0.4) is 0 Å². The number of hydrogen-bond donors (Lipinski definition) is 0. The monoisotopic (exact) mass is 351 g/mol. The van der Waals surface area contributed by atoms with Gasteiger partial charge in [-0.05, 0) is 43.0 Å². The van der Waals surface area contributed by atoms with Gasteiger partial charge in [-0.25, -0.2) is 0 Å². The molecule has 0 saturated carbocycles. The Morgan fingerprint density at radius 3 is 2.80 bits per heavy atom. The van der Waals surface area contributed by atoms with Crippen LogP contribution >= 0.6 is 11.8 Å². The number of piperazine rings is 1. The Labute approximate surface area is 153 Å². The van der Waals surface area contributed by atoms with Crippen molar-refractivity contribution < 1.29 is 4.79 Å². The summed E-state index contributed by atoms with van der Waals surface area (Å²) in [6, 6.07) is 18.2. The number of hydrogen-bond acceptors (Lipinski definition) is 4. The molecule has 0 aromatic heterocycles. The lowest BCUT2D eigenvalue weighted by atomic mass is 10.1. The van der Waals surface area contributed by atoms with E-state index in [0.29, 0.717) is 24.3 Å². The molecule has 1 atom stereocenters. The molecule has 1 aliphatic heterocycles. The molecule has 2 aromatic rings. The molecule has 0 spiro atoms. The molecule has 1 heterocycles. The van der Waals surface area contributed by atoms with E-state index >= 15 is 0 Å². The molecule has 1 amide bonds. The number of carbonyl (C=O) groups is 1. The van der Waals surface area contributed by atoms with Crippen LogP contribution in [0, 0.1) is 11.3 Å². The van der Waals surface area contributed by atoms with E-state index in [-0.39, 0.29) is 11.9 Å². The van der Waals surface area contributed by atoms with Gasteiger partial charge in [-0.15, -0.1) is 11.8 Å². The minimum absolute atomic E-state index is 0.0434. The molecule has 1 aliphatic rings. The number of rotatable bonds is 4. The summed E-state index contributed by atoms with van der Waals surface area (Å²) in [5.41, 5.74) is 2.48. The van der Waals surface area contributed by atoms with E-state index in [1.54, 1.807) is 22.7 Å². The van der Waals surface area contributed by atoms with Crippen molar-refractivity contribution in [3.05, 3.63) is 59.7 Å². The highest BCUT2D eigenvalue weighted by molar-refractivity contribution is 7.98. The molecule has 3 rings (SSSR count). The lowest BCUT2D eigenvalue weighted by Gasteiger charge is -2.39. The van der Waals surface area contributed by atoms with Crippen LogP contribution in [0.25, 0.3) is 0 Å². The Kier molecular flexibility index (Phi) is 5.42. The van der Waals surface area contributed by atoms with Crippen molar-refractivity contribution in [3.63, 3.8) is 0 Å². The van der Waals surface area contributed by atoms with Crippen molar-refractivity contribution in [2.24, 2.45) is 0 Å². The van der Waals surface area contributed by atoms with E-state index in [0.717, 1.165) is 6.54 Å². The Bertz CT molecular complexity index is 815. The van der Waals surface area contributed by atoms with E-state index in [1.165, 1.54) is 10.5 Å². The minimum atomic E-state index is 0.0434. The minimum Gasteiger partial charge on any atom is -0.308 e. The zero-order valence-electron chi connectivity index (χ0n) is 14.5. The number of para-hydroxylation sites is 1. The van der Waals surface area contributed by atoms with E-state index in [1.807, 2.05) is 18.2 Å². The van der Waals surface area contributed by atoms with Crippen LogP contribution in [0.1, 0.15) is 18.1 Å². The molecule has 0 N–H and O–H groups in total. The maximum absolute atomic E-state index is 12.7. The average Bonchev–Trinajstić information content (AvgIpc) is 2.64. The van der Waals surface area contributed by atoms with Gasteiger partial charge >= 0.3 is 0 Å². The molecule has 25 heavy (non-hydrogen) atoms. The van der Waals surface area contributed by atoms with Crippen molar-refractivity contribution in [2.45, 2.75) is 24.4 Å². The van der Waals surface area contributed by atoms with E-state index in [4.69, 9.17) is 0 Å². The van der Waals surface area contributed by atoms with Crippen molar-refractivity contribution in [3.8, 4) is 6.07 Å². The summed E-state index contributed by atoms with van der Waals surface area (Å²) in [5, 5.41) is 9.30. The third-order valence-corrected chi connectivity index (χ3v) is 5.27. The van der Waals surface area contributed by atoms with Crippen molar-refractivity contribution in [2.75, 3.05) is 24.2 Å². The van der Waals surface area contributed by atoms with Gasteiger partial charge in [0.05, 0.1) is 17.8 Å². The second-order valence-electron chi connectivity index (χ2n) is 6.24. The molecule has 5 heteroatoms. The largest absolute Gasteiger partial charge is 0.308 e. The Hall–Kier alpha value is -2.29. The summed E-state index contributed by atoms with van der Waals surface area (Å²) in [5.74, 6) is 0.0434. The van der Waals surface area contributed by atoms with Gasteiger partial charge in [0, 0.05) is 24.0 Å². The number of benzene rings is 2. The van der Waals surface area contributed by atoms with E-state index in [2.05, 4.69) is 48.4 Å². The number of thioether (sulfide) groups is 1. The molecule has 4 nitrogen and oxygen atoms in total. The van der Waals surface area contributed by atoms with Crippen LogP contribution in [0.2, 0.25) is 0 Å². The Morgan fingerprint density at radius 2 is 2.04 bits per heavy atom. The van der Waals surface area contributed by atoms with Gasteiger partial charge in [-0.2, -0.15) is 5.26 Å². The van der Waals surface area contributed by atoms with Crippen LogP contribution < -0.4 is 4.90 Å². The number of nitriles is 1. The zero-order valence-corrected chi connectivity index (χ0v) is 15.3. The number of nitrogens with zero attached hydrogens (tertiary/aromatic N) is 3. The summed E-state index contributed by atoms with van der Waals surface area (Å²) < 4.78 is 0. The van der Waals surface area contributed by atoms with E-state index < -0.39 is 0 Å². The highest BCUT2D eigenvalue weighted by Gasteiger charge is 2.31. The quantitative estimate of drug-likeness (QED) is 0.791. The maximum Gasteiger partial charge on any atom is 0.241 e. The molecule has 2 aromatic carbocycles. The van der Waals surface area contributed by atoms with Gasteiger partial charge in [-0.3, -0.25) is 9.69 Å². The molecule has 0 bridgehead atoms. The highest BCUT2D eigenvalue weighted by Crippen LogP contribution is 2.25. The molecular formula is C20H21N3OS. The van der Waals surface area contributed by atoms with Crippen LogP contribution in [0.15, 0.2) is 53.4 Å². The predicted molar refractivity (Wildman–Crippen MR) is 102 cm³/mol. The van der Waals surface area contributed by atoms with E-state index in [9.17, 15) is 10.1 Å². The van der Waals surface area contributed by atoms with Gasteiger partial charge in [0.2, 0.25) is 5.91 Å². The fourth-order valence-corrected chi connectivity index (χ4v) is 3.63. The van der Waals surface area contributed by atoms with Gasteiger partial charge in [0.1, 0.15) is 6.07 Å². The number of carbonyl (C=O) groups excluding carboxylic acids is 1. The van der Waals surface area contributed by atoms with Gasteiger partial charge < -0.3 is 4.90 Å². The predicted octanol–water partition coefficient (Wildman–Crippen LogP) is 3.52. The summed E-state index contributed by atoms with van der Waals surface area (Å²) in [6.07, 6.45) is 2.07. The fraction of sp³-hybridized carbons (Fsp3) is 0.300. The second kappa shape index (κ2) is 7.73. The topological polar surface area (TPSA) is 47.3 Å². The maximum atomic E-state index is 12.7. The Balaban J connectivity index is 1.76. The first kappa shape index (κ1) is 17.5. The lowest BCUT2D eigenvalue weighted by Crippen LogP contribution is -2.55. The zero-order chi connectivity index (χ0) is 17.8. The standard InChI is InChI=1S/C20H21N3OS/c1-15-12-23(19-9-4-3-7-17(19)11-21)20(24)14-22(15)13-16-6-5-8-18(10-16)25-2/h3-10,15H,12-14H2,1-2H3/t15-/m0/s1. The highest BCUT2D eigenvalue weighted by atomic mass is 32.2. The molecule has 0 unspecified atom stereocenters. The van der Waals surface area contributed by atoms with Crippen LogP contribution in [-0.2, 0) is 11.3 Å². The molecule has 1 fully saturated rings. The SMILES string of the molecule is CSc1cccc(CN2CC(=O)N(c3ccccc3C#N)C[C@@H]2C)c1. The number of amides is 1. The lowest BCUT2D eigenvalue weighted by molar-refractivity contribution is -0.122. The number of anilines is 1. The van der Waals surface area contributed by atoms with Crippen LogP contribution in [0.5, 0.6) is 0 Å². The molecule has 0 radical (unpaired) electrons. The van der Waals surface area contributed by atoms with Gasteiger partial charge in [0.15, 0.2) is 0 Å². The first-order valence-electron chi connectivity index (χ1n) is 8.29. The fourth-order valence-electron chi connectivity index (χ4n) is 3.15. The van der Waals surface area contributed by atoms with Gasteiger partial charge in [-0.1, -0.05) is 24.3 Å². The second-order valence-corrected chi connectivity index (χ2v) is 7.12. The first-order valence-corrected chi connectivity index (χ1v) is 9.51. The summed E-state index contributed by atoms with van der Waals surface area (Å²) >= 11 is 1.72. The smallest absolute Gasteiger partial charge is 0.241 e. The summed E-state index contributed by atoms with van der Waals surface area (Å²) in [4.78, 5) is 17.9. The molecular weight excluding hydrogens is 330 g/mol. The molecule has 128 valence electrons. The summed E-state index contributed by atoms with van der Waals surface area (Å²) in [6.45, 7) is 3.85. The Morgan fingerprint density at radius 1 is 1.24 bits per heavy atom. The average molecular weight is 351 g/mol. The summed E-state index contributed by atoms with van der Waals surface area (Å²) in [7, 11) is 0. The van der Waals surface area contributed by atoms with Crippen molar-refractivity contribution in [1.29, 1.82) is 5.26 Å². The van der Waals surface area contributed by atoms with Crippen molar-refractivity contribution >= 4 is 23.4 Å². The van der Waals surface area contributed by atoms with Crippen LogP contribution in [0.4, 0.5) is 5.69 Å². The third-order valence-electron chi connectivity index (χ3n) is 4.54. The normalized spacial score (nSPS) is 18.2. The van der Waals surface area contributed by atoms with Gasteiger partial charge in [0.25, 0.3) is 0 Å². The first-order chi connectivity index (χ1) is 12.1. The molecule has 1 saturated heterocycles. The van der Waals surface area contributed by atoms with Crippen LogP contribution in [-0.4, -0.2) is 36.2 Å². The third kappa shape index (κ3) is 3.87. The van der Waals surface area contributed by atoms with Crippen molar-refractivity contribution in [1.82, 2.24) is 4.90 Å².